The van der Waals surface area contributed by atoms with Crippen molar-refractivity contribution < 1.29 is 4.39 Å². The fourth-order valence-corrected chi connectivity index (χ4v) is 2.17. The zero-order chi connectivity index (χ0) is 13.7. The molecule has 0 saturated carbocycles. The van der Waals surface area contributed by atoms with Gasteiger partial charge in [0.1, 0.15) is 5.82 Å². The Balaban J connectivity index is 2.29. The van der Waals surface area contributed by atoms with Gasteiger partial charge in [-0.15, -0.1) is 0 Å². The van der Waals surface area contributed by atoms with E-state index in [0.717, 1.165) is 18.7 Å². The maximum atomic E-state index is 13.9. The highest BCUT2D eigenvalue weighted by atomic mass is 19.1. The lowest BCUT2D eigenvalue weighted by Crippen LogP contribution is -2.17. The van der Waals surface area contributed by atoms with Gasteiger partial charge in [-0.05, 0) is 49.7 Å². The standard InChI is InChI=1S/C16H19FN2/c1-2-19(16-6-4-3-5-15(16)17)14-9-7-13(8-10-14)11-12-18/h3-10H,2,11-12,18H2,1H3. The van der Waals surface area contributed by atoms with Crippen LogP contribution in [0.4, 0.5) is 15.8 Å². The van der Waals surface area contributed by atoms with E-state index < -0.39 is 0 Å². The van der Waals surface area contributed by atoms with E-state index in [2.05, 4.69) is 0 Å². The normalized spacial score (nSPS) is 10.5. The molecular weight excluding hydrogens is 239 g/mol. The highest BCUT2D eigenvalue weighted by molar-refractivity contribution is 5.63. The number of nitrogens with zero attached hydrogens (tertiary/aromatic N) is 1. The summed E-state index contributed by atoms with van der Waals surface area (Å²) >= 11 is 0. The van der Waals surface area contributed by atoms with Crippen LogP contribution in [0, 0.1) is 5.82 Å². The summed E-state index contributed by atoms with van der Waals surface area (Å²) in [7, 11) is 0. The zero-order valence-electron chi connectivity index (χ0n) is 11.1. The minimum absolute atomic E-state index is 0.199. The van der Waals surface area contributed by atoms with Crippen LogP contribution in [0.3, 0.4) is 0 Å². The van der Waals surface area contributed by atoms with Crippen LogP contribution in [0.15, 0.2) is 48.5 Å². The van der Waals surface area contributed by atoms with Gasteiger partial charge in [-0.25, -0.2) is 4.39 Å². The molecule has 100 valence electrons. The van der Waals surface area contributed by atoms with E-state index in [0.29, 0.717) is 12.2 Å². The van der Waals surface area contributed by atoms with Crippen LogP contribution in [-0.2, 0) is 6.42 Å². The first-order valence-corrected chi connectivity index (χ1v) is 6.57. The average molecular weight is 258 g/mol. The molecule has 0 atom stereocenters. The molecule has 0 unspecified atom stereocenters. The van der Waals surface area contributed by atoms with Crippen molar-refractivity contribution in [2.45, 2.75) is 13.3 Å². The van der Waals surface area contributed by atoms with Crippen molar-refractivity contribution in [1.82, 2.24) is 0 Å². The van der Waals surface area contributed by atoms with Crippen molar-refractivity contribution in [2.75, 3.05) is 18.0 Å². The summed E-state index contributed by atoms with van der Waals surface area (Å²) in [5.41, 5.74) is 8.34. The van der Waals surface area contributed by atoms with Crippen LogP contribution in [-0.4, -0.2) is 13.1 Å². The number of hydrogen-bond acceptors (Lipinski definition) is 2. The minimum Gasteiger partial charge on any atom is -0.339 e. The third-order valence-corrected chi connectivity index (χ3v) is 3.14. The summed E-state index contributed by atoms with van der Waals surface area (Å²) in [4.78, 5) is 1.96. The summed E-state index contributed by atoms with van der Waals surface area (Å²) in [6.07, 6.45) is 0.867. The molecule has 0 bridgehead atoms. The third-order valence-electron chi connectivity index (χ3n) is 3.14. The van der Waals surface area contributed by atoms with Crippen LogP contribution < -0.4 is 10.6 Å². The van der Waals surface area contributed by atoms with Gasteiger partial charge in [0.15, 0.2) is 0 Å². The fraction of sp³-hybridized carbons (Fsp3) is 0.250. The summed E-state index contributed by atoms with van der Waals surface area (Å²) in [6, 6.07) is 15.0. The van der Waals surface area contributed by atoms with E-state index in [1.54, 1.807) is 12.1 Å². The molecule has 2 N–H and O–H groups in total. The highest BCUT2D eigenvalue weighted by Crippen LogP contribution is 2.27. The lowest BCUT2D eigenvalue weighted by atomic mass is 10.1. The van der Waals surface area contributed by atoms with E-state index in [-0.39, 0.29) is 5.82 Å². The molecular formula is C16H19FN2. The third kappa shape index (κ3) is 3.12. The molecule has 0 aromatic heterocycles. The second kappa shape index (κ2) is 6.34. The van der Waals surface area contributed by atoms with Crippen LogP contribution >= 0.6 is 0 Å². The van der Waals surface area contributed by atoms with Crippen LogP contribution in [0.1, 0.15) is 12.5 Å². The van der Waals surface area contributed by atoms with Crippen LogP contribution in [0.5, 0.6) is 0 Å². The molecule has 0 heterocycles. The van der Waals surface area contributed by atoms with Gasteiger partial charge in [0, 0.05) is 12.2 Å². The topological polar surface area (TPSA) is 29.3 Å². The second-order valence-corrected chi connectivity index (χ2v) is 4.40. The monoisotopic (exact) mass is 258 g/mol. The SMILES string of the molecule is CCN(c1ccc(CCN)cc1)c1ccccc1F. The number of para-hydroxylation sites is 1. The van der Waals surface area contributed by atoms with Gasteiger partial charge in [0.25, 0.3) is 0 Å². The second-order valence-electron chi connectivity index (χ2n) is 4.40. The molecule has 0 aliphatic heterocycles. The van der Waals surface area contributed by atoms with Crippen molar-refractivity contribution in [1.29, 1.82) is 0 Å². The summed E-state index contributed by atoms with van der Waals surface area (Å²) in [5, 5.41) is 0. The Bertz CT molecular complexity index is 523. The van der Waals surface area contributed by atoms with Gasteiger partial charge < -0.3 is 10.6 Å². The number of nitrogens with two attached hydrogens (primary N) is 1. The van der Waals surface area contributed by atoms with Gasteiger partial charge in [-0.3, -0.25) is 0 Å². The molecule has 0 radical (unpaired) electrons. The van der Waals surface area contributed by atoms with E-state index in [4.69, 9.17) is 5.73 Å². The van der Waals surface area contributed by atoms with Crippen molar-refractivity contribution in [3.8, 4) is 0 Å². The van der Waals surface area contributed by atoms with Gasteiger partial charge in [0.05, 0.1) is 5.69 Å². The molecule has 0 amide bonds. The van der Waals surface area contributed by atoms with Gasteiger partial charge in [-0.2, -0.15) is 0 Å². The first kappa shape index (κ1) is 13.6. The maximum Gasteiger partial charge on any atom is 0.146 e. The predicted octanol–water partition coefficient (Wildman–Crippen LogP) is 3.48. The Morgan fingerprint density at radius 3 is 2.32 bits per heavy atom. The zero-order valence-corrected chi connectivity index (χ0v) is 11.1. The van der Waals surface area contributed by atoms with Crippen molar-refractivity contribution in [3.05, 3.63) is 59.9 Å². The first-order chi connectivity index (χ1) is 9.26. The Morgan fingerprint density at radius 2 is 1.74 bits per heavy atom. The molecule has 2 nitrogen and oxygen atoms in total. The lowest BCUT2D eigenvalue weighted by molar-refractivity contribution is 0.625. The molecule has 0 fully saturated rings. The molecule has 2 rings (SSSR count). The van der Waals surface area contributed by atoms with E-state index in [1.165, 1.54) is 11.6 Å². The molecule has 2 aromatic carbocycles. The molecule has 0 saturated heterocycles. The molecule has 3 heteroatoms. The number of benzene rings is 2. The molecule has 19 heavy (non-hydrogen) atoms. The minimum atomic E-state index is -0.199. The average Bonchev–Trinajstić information content (AvgIpc) is 2.44. The van der Waals surface area contributed by atoms with Gasteiger partial charge in [0.2, 0.25) is 0 Å². The van der Waals surface area contributed by atoms with Crippen LogP contribution in [0.25, 0.3) is 0 Å². The molecule has 2 aromatic rings. The van der Waals surface area contributed by atoms with E-state index >= 15 is 0 Å². The largest absolute Gasteiger partial charge is 0.339 e. The van der Waals surface area contributed by atoms with Crippen molar-refractivity contribution in [3.63, 3.8) is 0 Å². The number of hydrogen-bond donors (Lipinski definition) is 1. The number of anilines is 2. The van der Waals surface area contributed by atoms with Crippen molar-refractivity contribution in [2.24, 2.45) is 5.73 Å². The van der Waals surface area contributed by atoms with Crippen molar-refractivity contribution >= 4 is 11.4 Å². The Labute approximate surface area is 113 Å². The lowest BCUT2D eigenvalue weighted by Gasteiger charge is -2.24. The van der Waals surface area contributed by atoms with Crippen LogP contribution in [0.2, 0.25) is 0 Å². The van der Waals surface area contributed by atoms with E-state index in [9.17, 15) is 4.39 Å². The summed E-state index contributed by atoms with van der Waals surface area (Å²) in [5.74, 6) is -0.199. The maximum absolute atomic E-state index is 13.9. The van der Waals surface area contributed by atoms with E-state index in [1.807, 2.05) is 42.2 Å². The predicted molar refractivity (Wildman–Crippen MR) is 78.3 cm³/mol. The van der Waals surface area contributed by atoms with Gasteiger partial charge in [-0.1, -0.05) is 24.3 Å². The Kier molecular flexibility index (Phi) is 4.53. The first-order valence-electron chi connectivity index (χ1n) is 6.57. The molecule has 0 aliphatic carbocycles. The molecule has 0 aliphatic rings. The Hall–Kier alpha value is -1.87. The quantitative estimate of drug-likeness (QED) is 0.889. The number of rotatable bonds is 5. The number of halogens is 1. The fourth-order valence-electron chi connectivity index (χ4n) is 2.17. The molecule has 0 spiro atoms. The highest BCUT2D eigenvalue weighted by Gasteiger charge is 2.11. The summed E-state index contributed by atoms with van der Waals surface area (Å²) < 4.78 is 13.9. The smallest absolute Gasteiger partial charge is 0.146 e. The Morgan fingerprint density at radius 1 is 1.05 bits per heavy atom. The van der Waals surface area contributed by atoms with Gasteiger partial charge >= 0.3 is 0 Å². The summed E-state index contributed by atoms with van der Waals surface area (Å²) in [6.45, 7) is 3.38.